The molecule has 2 fully saturated rings. The van der Waals surface area contributed by atoms with Gasteiger partial charge in [0.1, 0.15) is 6.04 Å². The highest BCUT2D eigenvalue weighted by Gasteiger charge is 2.44. The molecular formula is C20H25N3O4. The van der Waals surface area contributed by atoms with Crippen molar-refractivity contribution in [3.63, 3.8) is 0 Å². The summed E-state index contributed by atoms with van der Waals surface area (Å²) < 4.78 is 12.0. The third-order valence-corrected chi connectivity index (χ3v) is 5.56. The van der Waals surface area contributed by atoms with Crippen LogP contribution in [0.2, 0.25) is 0 Å². The van der Waals surface area contributed by atoms with Gasteiger partial charge in [-0.05, 0) is 31.4 Å². The third kappa shape index (κ3) is 3.22. The Morgan fingerprint density at radius 1 is 1.37 bits per heavy atom. The van der Waals surface area contributed by atoms with Crippen molar-refractivity contribution < 1.29 is 19.1 Å². The zero-order chi connectivity index (χ0) is 19.0. The van der Waals surface area contributed by atoms with Crippen LogP contribution in [0.4, 0.5) is 10.5 Å². The summed E-state index contributed by atoms with van der Waals surface area (Å²) in [5, 5.41) is 2.86. The van der Waals surface area contributed by atoms with Crippen LogP contribution < -0.4 is 14.8 Å². The van der Waals surface area contributed by atoms with Crippen LogP contribution in [0.1, 0.15) is 32.1 Å². The predicted molar refractivity (Wildman–Crippen MR) is 101 cm³/mol. The zero-order valence-electron chi connectivity index (χ0n) is 15.6. The second-order valence-corrected chi connectivity index (χ2v) is 7.40. The van der Waals surface area contributed by atoms with Crippen molar-refractivity contribution in [3.05, 3.63) is 30.9 Å². The molecule has 0 radical (unpaired) electrons. The predicted octanol–water partition coefficient (Wildman–Crippen LogP) is 2.98. The van der Waals surface area contributed by atoms with Gasteiger partial charge in [0.2, 0.25) is 5.91 Å². The topological polar surface area (TPSA) is 71.1 Å². The number of fused-ring (bicyclic) bond motifs is 1. The lowest BCUT2D eigenvalue weighted by Gasteiger charge is -2.24. The highest BCUT2D eigenvalue weighted by atomic mass is 16.7. The van der Waals surface area contributed by atoms with E-state index >= 15 is 0 Å². The Bertz CT molecular complexity index is 772. The van der Waals surface area contributed by atoms with Crippen molar-refractivity contribution in [2.45, 2.75) is 43.9 Å². The molecule has 0 bridgehead atoms. The molecule has 4 rings (SSSR count). The molecule has 1 aromatic carbocycles. The Morgan fingerprint density at radius 2 is 2.11 bits per heavy atom. The molecule has 1 saturated heterocycles. The summed E-state index contributed by atoms with van der Waals surface area (Å²) in [6, 6.07) is 4.64. The fourth-order valence-corrected chi connectivity index (χ4v) is 4.06. The van der Waals surface area contributed by atoms with E-state index < -0.39 is 11.8 Å². The Labute approximate surface area is 158 Å². The average Bonchev–Trinajstić information content (AvgIpc) is 3.34. The standard InChI is InChI=1S/C20H25N3O4/c1-3-11-23-12-8-15(18(23)24)22(2)19(25)21-14-6-7-16-17(13-14)27-20(26-16)9-4-5-10-20/h3,6-7,13,15H,1,4-5,8-12H2,2H3,(H,21,25)/t15-/m0/s1. The molecule has 2 heterocycles. The van der Waals surface area contributed by atoms with E-state index in [-0.39, 0.29) is 11.9 Å². The number of rotatable bonds is 4. The molecule has 1 atom stereocenters. The van der Waals surface area contributed by atoms with Crippen LogP contribution >= 0.6 is 0 Å². The number of hydrogen-bond acceptors (Lipinski definition) is 4. The number of carbonyl (C=O) groups is 2. The highest BCUT2D eigenvalue weighted by Crippen LogP contribution is 2.47. The Kier molecular flexibility index (Phi) is 4.45. The smallest absolute Gasteiger partial charge is 0.322 e. The van der Waals surface area contributed by atoms with Crippen molar-refractivity contribution in [2.24, 2.45) is 0 Å². The summed E-state index contributed by atoms with van der Waals surface area (Å²) in [7, 11) is 1.65. The fourth-order valence-electron chi connectivity index (χ4n) is 4.06. The number of likely N-dealkylation sites (N-methyl/N-ethyl adjacent to an activating group) is 1. The summed E-state index contributed by atoms with van der Waals surface area (Å²) in [5.74, 6) is 0.814. The van der Waals surface area contributed by atoms with Gasteiger partial charge in [0, 0.05) is 44.7 Å². The lowest BCUT2D eigenvalue weighted by Crippen LogP contribution is -2.44. The molecule has 1 N–H and O–H groups in total. The van der Waals surface area contributed by atoms with Gasteiger partial charge in [0.25, 0.3) is 5.79 Å². The second kappa shape index (κ2) is 6.79. The number of nitrogens with one attached hydrogen (secondary N) is 1. The van der Waals surface area contributed by atoms with Gasteiger partial charge in [-0.25, -0.2) is 4.79 Å². The lowest BCUT2D eigenvalue weighted by atomic mass is 10.2. The van der Waals surface area contributed by atoms with Crippen molar-refractivity contribution in [2.75, 3.05) is 25.5 Å². The van der Waals surface area contributed by atoms with Crippen LogP contribution in [0.15, 0.2) is 30.9 Å². The maximum atomic E-state index is 12.6. The quantitative estimate of drug-likeness (QED) is 0.826. The van der Waals surface area contributed by atoms with Crippen molar-refractivity contribution in [1.29, 1.82) is 0 Å². The van der Waals surface area contributed by atoms with E-state index in [9.17, 15) is 9.59 Å². The van der Waals surface area contributed by atoms with E-state index in [0.29, 0.717) is 36.7 Å². The lowest BCUT2D eigenvalue weighted by molar-refractivity contribution is -0.130. The minimum atomic E-state index is -0.521. The SMILES string of the molecule is C=CCN1CC[C@H](N(C)C(=O)Nc2ccc3c(c2)OC2(CCCC2)O3)C1=O. The number of amides is 3. The van der Waals surface area contributed by atoms with Crippen LogP contribution in [-0.4, -0.2) is 53.7 Å². The molecule has 0 unspecified atom stereocenters. The van der Waals surface area contributed by atoms with Crippen LogP contribution in [0.5, 0.6) is 11.5 Å². The molecule has 7 nitrogen and oxygen atoms in total. The minimum absolute atomic E-state index is 0.0404. The van der Waals surface area contributed by atoms with E-state index in [0.717, 1.165) is 25.7 Å². The van der Waals surface area contributed by atoms with Gasteiger partial charge >= 0.3 is 6.03 Å². The van der Waals surface area contributed by atoms with Crippen LogP contribution in [-0.2, 0) is 4.79 Å². The Balaban J connectivity index is 1.41. The first-order valence-corrected chi connectivity index (χ1v) is 9.47. The summed E-state index contributed by atoms with van der Waals surface area (Å²) in [5.41, 5.74) is 0.623. The first-order chi connectivity index (χ1) is 13.0. The first-order valence-electron chi connectivity index (χ1n) is 9.47. The molecule has 27 heavy (non-hydrogen) atoms. The molecule has 144 valence electrons. The summed E-state index contributed by atoms with van der Waals surface area (Å²) >= 11 is 0. The number of anilines is 1. The Hall–Kier alpha value is -2.70. The van der Waals surface area contributed by atoms with Crippen LogP contribution in [0, 0.1) is 0 Å². The number of hydrogen-bond donors (Lipinski definition) is 1. The van der Waals surface area contributed by atoms with Gasteiger partial charge in [-0.15, -0.1) is 6.58 Å². The molecule has 3 aliphatic rings. The molecule has 3 amide bonds. The van der Waals surface area contributed by atoms with Gasteiger partial charge in [-0.3, -0.25) is 4.79 Å². The fraction of sp³-hybridized carbons (Fsp3) is 0.500. The Morgan fingerprint density at radius 3 is 2.85 bits per heavy atom. The summed E-state index contributed by atoms with van der Waals surface area (Å²) in [4.78, 5) is 28.2. The van der Waals surface area contributed by atoms with Crippen LogP contribution in [0.25, 0.3) is 0 Å². The largest absolute Gasteiger partial charge is 0.448 e. The molecule has 1 saturated carbocycles. The zero-order valence-corrected chi connectivity index (χ0v) is 15.6. The molecular weight excluding hydrogens is 346 g/mol. The first kappa shape index (κ1) is 17.7. The molecule has 1 aromatic rings. The highest BCUT2D eigenvalue weighted by molar-refractivity contribution is 5.94. The number of urea groups is 1. The normalized spacial score (nSPS) is 22.3. The van der Waals surface area contributed by atoms with E-state index in [2.05, 4.69) is 11.9 Å². The van der Waals surface area contributed by atoms with Gasteiger partial charge in [-0.1, -0.05) is 6.08 Å². The molecule has 1 aliphatic carbocycles. The number of carbonyl (C=O) groups excluding carboxylic acids is 2. The third-order valence-electron chi connectivity index (χ3n) is 5.56. The summed E-state index contributed by atoms with van der Waals surface area (Å²) in [6.07, 6.45) is 6.29. The van der Waals surface area contributed by atoms with Gasteiger partial charge < -0.3 is 24.6 Å². The number of benzene rings is 1. The number of nitrogens with zero attached hydrogens (tertiary/aromatic N) is 2. The molecule has 7 heteroatoms. The van der Waals surface area contributed by atoms with Crippen molar-refractivity contribution in [1.82, 2.24) is 9.80 Å². The minimum Gasteiger partial charge on any atom is -0.448 e. The summed E-state index contributed by atoms with van der Waals surface area (Å²) in [6.45, 7) is 4.81. The number of likely N-dealkylation sites (tertiary alicyclic amines) is 1. The monoisotopic (exact) mass is 371 g/mol. The molecule has 2 aliphatic heterocycles. The number of ether oxygens (including phenoxy) is 2. The maximum Gasteiger partial charge on any atom is 0.322 e. The van der Waals surface area contributed by atoms with Gasteiger partial charge in [-0.2, -0.15) is 0 Å². The van der Waals surface area contributed by atoms with Gasteiger partial charge in [0.15, 0.2) is 11.5 Å². The van der Waals surface area contributed by atoms with E-state index in [4.69, 9.17) is 9.47 Å². The van der Waals surface area contributed by atoms with E-state index in [1.807, 2.05) is 6.07 Å². The maximum absolute atomic E-state index is 12.6. The second-order valence-electron chi connectivity index (χ2n) is 7.40. The average molecular weight is 371 g/mol. The molecule has 0 aromatic heterocycles. The van der Waals surface area contributed by atoms with Crippen molar-refractivity contribution in [3.8, 4) is 11.5 Å². The van der Waals surface area contributed by atoms with E-state index in [1.54, 1.807) is 30.2 Å². The molecule has 1 spiro atoms. The van der Waals surface area contributed by atoms with Gasteiger partial charge in [0.05, 0.1) is 0 Å². The van der Waals surface area contributed by atoms with Crippen molar-refractivity contribution >= 4 is 17.6 Å². The van der Waals surface area contributed by atoms with E-state index in [1.165, 1.54) is 4.90 Å². The van der Waals surface area contributed by atoms with Crippen LogP contribution in [0.3, 0.4) is 0 Å².